The zero-order valence-corrected chi connectivity index (χ0v) is 22.0. The van der Waals surface area contributed by atoms with Gasteiger partial charge < -0.3 is 15.4 Å². The van der Waals surface area contributed by atoms with Crippen LogP contribution in [0.2, 0.25) is 10.0 Å². The Morgan fingerprint density at radius 2 is 1.89 bits per heavy atom. The Hall–Kier alpha value is -2.17. The summed E-state index contributed by atoms with van der Waals surface area (Å²) in [4.78, 5) is 25.9. The summed E-state index contributed by atoms with van der Waals surface area (Å²) in [7, 11) is -3.70. The molecule has 4 rings (SSSR count). The van der Waals surface area contributed by atoms with Crippen molar-refractivity contribution in [3.05, 3.63) is 63.6 Å². The molecule has 2 aromatic carbocycles. The highest BCUT2D eigenvalue weighted by Gasteiger charge is 2.33. The molecule has 2 heterocycles. The average molecular weight is 554 g/mol. The van der Waals surface area contributed by atoms with Gasteiger partial charge in [-0.1, -0.05) is 41.4 Å². The van der Waals surface area contributed by atoms with Crippen molar-refractivity contribution in [1.29, 1.82) is 0 Å². The molecule has 2 amide bonds. The zero-order chi connectivity index (χ0) is 25.7. The average Bonchev–Trinajstić information content (AvgIpc) is 3.38. The molecule has 0 spiro atoms. The number of halogens is 2. The molecule has 2 saturated heterocycles. The maximum Gasteiger partial charge on any atom is 0.253 e. The van der Waals surface area contributed by atoms with Crippen molar-refractivity contribution in [2.75, 3.05) is 31.6 Å². The summed E-state index contributed by atoms with van der Waals surface area (Å²) in [5.74, 6) is -1.43. The first-order valence-electron chi connectivity index (χ1n) is 11.9. The highest BCUT2D eigenvalue weighted by Crippen LogP contribution is 2.27. The second-order valence-electron chi connectivity index (χ2n) is 9.07. The number of sulfonamides is 1. The molecule has 0 aliphatic carbocycles. The summed E-state index contributed by atoms with van der Waals surface area (Å²) >= 11 is 12.1. The fraction of sp³-hybridized carbons (Fsp3) is 0.440. The van der Waals surface area contributed by atoms with Crippen LogP contribution in [0.15, 0.2) is 42.5 Å². The smallest absolute Gasteiger partial charge is 0.253 e. The van der Waals surface area contributed by atoms with E-state index in [0.29, 0.717) is 54.4 Å². The molecule has 2 aliphatic heterocycles. The number of ether oxygens (including phenoxy) is 1. The Bertz CT molecular complexity index is 1220. The van der Waals surface area contributed by atoms with Gasteiger partial charge in [0.2, 0.25) is 15.9 Å². The van der Waals surface area contributed by atoms with E-state index in [1.807, 2.05) is 0 Å². The Balaban J connectivity index is 1.39. The third kappa shape index (κ3) is 6.77. The lowest BCUT2D eigenvalue weighted by Gasteiger charge is -2.31. The minimum atomic E-state index is -3.70. The molecule has 0 radical (unpaired) electrons. The van der Waals surface area contributed by atoms with Gasteiger partial charge in [-0.2, -0.15) is 0 Å². The lowest BCUT2D eigenvalue weighted by Crippen LogP contribution is -2.44. The molecular weight excluding hydrogens is 525 g/mol. The number of anilines is 1. The summed E-state index contributed by atoms with van der Waals surface area (Å²) in [5, 5.41) is 6.42. The summed E-state index contributed by atoms with van der Waals surface area (Å²) < 4.78 is 33.1. The Kier molecular flexibility index (Phi) is 8.90. The summed E-state index contributed by atoms with van der Waals surface area (Å²) in [5.41, 5.74) is 1.19. The van der Waals surface area contributed by atoms with Gasteiger partial charge in [0.05, 0.1) is 29.0 Å². The number of para-hydroxylation sites is 1. The van der Waals surface area contributed by atoms with Gasteiger partial charge in [-0.3, -0.25) is 9.59 Å². The van der Waals surface area contributed by atoms with Crippen LogP contribution in [0, 0.1) is 5.92 Å². The minimum absolute atomic E-state index is 0.00799. The number of benzene rings is 2. The van der Waals surface area contributed by atoms with Crippen molar-refractivity contribution < 1.29 is 22.7 Å². The molecule has 2 N–H and O–H groups in total. The van der Waals surface area contributed by atoms with Crippen molar-refractivity contribution in [2.45, 2.75) is 37.5 Å². The van der Waals surface area contributed by atoms with E-state index < -0.39 is 15.9 Å². The largest absolute Gasteiger partial charge is 0.376 e. The van der Waals surface area contributed by atoms with Gasteiger partial charge in [0.1, 0.15) is 0 Å². The van der Waals surface area contributed by atoms with E-state index in [9.17, 15) is 18.0 Å². The molecule has 2 atom stereocenters. The molecule has 11 heteroatoms. The Morgan fingerprint density at radius 1 is 1.08 bits per heavy atom. The molecule has 0 unspecified atom stereocenters. The van der Waals surface area contributed by atoms with E-state index in [2.05, 4.69) is 10.6 Å². The predicted octanol–water partition coefficient (Wildman–Crippen LogP) is 4.08. The van der Waals surface area contributed by atoms with Crippen LogP contribution < -0.4 is 10.6 Å². The lowest BCUT2D eigenvalue weighted by molar-refractivity contribution is -0.120. The SMILES string of the molecule is O=C(NC[C@@H]1CCCO1)c1ccccc1NC(=O)[C@H]1CCCN(S(=O)(=O)Cc2ccc(Cl)cc2Cl)C1. The van der Waals surface area contributed by atoms with Gasteiger partial charge in [0, 0.05) is 36.3 Å². The van der Waals surface area contributed by atoms with Crippen LogP contribution in [0.1, 0.15) is 41.6 Å². The predicted molar refractivity (Wildman–Crippen MR) is 140 cm³/mol. The topological polar surface area (TPSA) is 105 Å². The normalized spacial score (nSPS) is 20.7. The van der Waals surface area contributed by atoms with Gasteiger partial charge >= 0.3 is 0 Å². The molecule has 194 valence electrons. The minimum Gasteiger partial charge on any atom is -0.376 e. The standard InChI is InChI=1S/C25H29Cl2N3O5S/c26-19-10-9-18(22(27)13-19)16-36(33,34)30-11-3-5-17(15-30)24(31)29-23-8-2-1-7-21(23)25(32)28-14-20-6-4-12-35-20/h1-2,7-10,13,17,20H,3-6,11-12,14-16H2,(H,28,32)(H,29,31)/t17-,20-/m0/s1. The number of nitrogens with one attached hydrogen (secondary N) is 2. The Labute approximate surface area is 221 Å². The fourth-order valence-corrected chi connectivity index (χ4v) is 6.66. The second kappa shape index (κ2) is 11.9. The quantitative estimate of drug-likeness (QED) is 0.512. The van der Waals surface area contributed by atoms with Gasteiger partial charge in [0.25, 0.3) is 5.91 Å². The molecule has 8 nitrogen and oxygen atoms in total. The van der Waals surface area contributed by atoms with Crippen LogP contribution in [0.3, 0.4) is 0 Å². The highest BCUT2D eigenvalue weighted by atomic mass is 35.5. The summed E-state index contributed by atoms with van der Waals surface area (Å²) in [6, 6.07) is 11.5. The van der Waals surface area contributed by atoms with E-state index in [1.165, 1.54) is 10.4 Å². The van der Waals surface area contributed by atoms with Crippen molar-refractivity contribution in [3.8, 4) is 0 Å². The third-order valence-electron chi connectivity index (χ3n) is 6.45. The van der Waals surface area contributed by atoms with Crippen molar-refractivity contribution in [1.82, 2.24) is 9.62 Å². The summed E-state index contributed by atoms with van der Waals surface area (Å²) in [6.45, 7) is 1.51. The number of hydrogen-bond acceptors (Lipinski definition) is 5. The molecule has 0 aromatic heterocycles. The molecule has 2 aliphatic rings. The highest BCUT2D eigenvalue weighted by molar-refractivity contribution is 7.88. The first-order valence-corrected chi connectivity index (χ1v) is 14.3. The van der Waals surface area contributed by atoms with Gasteiger partial charge in [-0.25, -0.2) is 12.7 Å². The van der Waals surface area contributed by atoms with Crippen LogP contribution in [-0.4, -0.2) is 56.9 Å². The lowest BCUT2D eigenvalue weighted by atomic mass is 9.98. The number of amides is 2. The third-order valence-corrected chi connectivity index (χ3v) is 8.83. The Morgan fingerprint density at radius 3 is 2.64 bits per heavy atom. The molecule has 0 saturated carbocycles. The van der Waals surface area contributed by atoms with E-state index in [-0.39, 0.29) is 35.2 Å². The van der Waals surface area contributed by atoms with Crippen LogP contribution >= 0.6 is 23.2 Å². The molecule has 2 fully saturated rings. The number of hydrogen-bond donors (Lipinski definition) is 2. The fourth-order valence-electron chi connectivity index (χ4n) is 4.47. The van der Waals surface area contributed by atoms with Crippen LogP contribution in [-0.2, 0) is 25.3 Å². The monoisotopic (exact) mass is 553 g/mol. The maximum absolute atomic E-state index is 13.1. The van der Waals surface area contributed by atoms with E-state index in [4.69, 9.17) is 27.9 Å². The number of carbonyl (C=O) groups excluding carboxylic acids is 2. The van der Waals surface area contributed by atoms with Crippen LogP contribution in [0.5, 0.6) is 0 Å². The summed E-state index contributed by atoms with van der Waals surface area (Å²) in [6.07, 6.45) is 2.99. The van der Waals surface area contributed by atoms with Crippen molar-refractivity contribution in [2.24, 2.45) is 5.92 Å². The van der Waals surface area contributed by atoms with Crippen molar-refractivity contribution >= 4 is 50.7 Å². The number of carbonyl (C=O) groups is 2. The van der Waals surface area contributed by atoms with Crippen LogP contribution in [0.25, 0.3) is 0 Å². The van der Waals surface area contributed by atoms with E-state index >= 15 is 0 Å². The molecule has 36 heavy (non-hydrogen) atoms. The van der Waals surface area contributed by atoms with E-state index in [0.717, 1.165) is 12.8 Å². The first kappa shape index (κ1) is 26.9. The number of rotatable bonds is 8. The maximum atomic E-state index is 13.1. The number of piperidine rings is 1. The zero-order valence-electron chi connectivity index (χ0n) is 19.7. The van der Waals surface area contributed by atoms with Crippen molar-refractivity contribution in [3.63, 3.8) is 0 Å². The second-order valence-corrected chi connectivity index (χ2v) is 11.9. The van der Waals surface area contributed by atoms with Gasteiger partial charge in [-0.05, 0) is 55.5 Å². The molecule has 0 bridgehead atoms. The van der Waals surface area contributed by atoms with Crippen LogP contribution in [0.4, 0.5) is 5.69 Å². The van der Waals surface area contributed by atoms with E-state index in [1.54, 1.807) is 36.4 Å². The van der Waals surface area contributed by atoms with Gasteiger partial charge in [0.15, 0.2) is 0 Å². The molecule has 2 aromatic rings. The number of nitrogens with zero attached hydrogens (tertiary/aromatic N) is 1. The first-order chi connectivity index (χ1) is 17.2. The van der Waals surface area contributed by atoms with Gasteiger partial charge in [-0.15, -0.1) is 0 Å². The molecular formula is C25H29Cl2N3O5S.